The molecule has 1 heterocycles. The molecule has 0 spiro atoms. The predicted octanol–water partition coefficient (Wildman–Crippen LogP) is 1.16. The number of H-pyrrole nitrogens is 1. The van der Waals surface area contributed by atoms with Gasteiger partial charge in [-0.25, -0.2) is 4.57 Å². The fraction of sp³-hybridized carbons (Fsp3) is 0.273. The van der Waals surface area contributed by atoms with Crippen molar-refractivity contribution in [2.24, 2.45) is 0 Å². The lowest BCUT2D eigenvalue weighted by Crippen LogP contribution is -1.87. The number of aliphatic hydroxyl groups excluding tert-OH is 1. The van der Waals surface area contributed by atoms with E-state index in [0.717, 1.165) is 12.8 Å². The molecule has 0 saturated carbocycles. The number of benzene rings is 1. The van der Waals surface area contributed by atoms with Crippen molar-refractivity contribution < 1.29 is 24.4 Å². The molecule has 2 aromatic rings. The third-order valence-corrected chi connectivity index (χ3v) is 2.28. The summed E-state index contributed by atoms with van der Waals surface area (Å²) in [6.45, 7) is 0.263. The van der Waals surface area contributed by atoms with Crippen molar-refractivity contribution in [3.63, 3.8) is 0 Å². The van der Waals surface area contributed by atoms with Crippen LogP contribution in [-0.2, 0) is 11.0 Å². The maximum absolute atomic E-state index is 8.88. The number of aliphatic hydroxyl groups is 1. The molecule has 100 valence electrons. The van der Waals surface area contributed by atoms with Crippen LogP contribution >= 0.6 is 7.82 Å². The summed E-state index contributed by atoms with van der Waals surface area (Å²) in [5.41, 5.74) is 2.47. The van der Waals surface area contributed by atoms with Gasteiger partial charge in [0.25, 0.3) is 0 Å². The summed E-state index contributed by atoms with van der Waals surface area (Å²) in [6.07, 6.45) is 3.81. The molecule has 0 amide bonds. The van der Waals surface area contributed by atoms with Crippen LogP contribution in [0.4, 0.5) is 0 Å². The topological polar surface area (TPSA) is 114 Å². The van der Waals surface area contributed by atoms with E-state index in [2.05, 4.69) is 17.1 Å². The summed E-state index contributed by atoms with van der Waals surface area (Å²) in [7, 11) is -4.64. The Morgan fingerprint density at radius 3 is 2.39 bits per heavy atom. The summed E-state index contributed by atoms with van der Waals surface area (Å²) in [5, 5.41) is 10.0. The molecule has 1 aromatic carbocycles. The number of nitrogens with one attached hydrogen (secondary N) is 1. The lowest BCUT2D eigenvalue weighted by molar-refractivity contribution is 0.275. The van der Waals surface area contributed by atoms with Gasteiger partial charge in [-0.2, -0.15) is 0 Å². The second-order valence-electron chi connectivity index (χ2n) is 3.70. The Balaban J connectivity index is 0.000000280. The smallest absolute Gasteiger partial charge is 0.396 e. The second-order valence-corrected chi connectivity index (χ2v) is 4.73. The van der Waals surface area contributed by atoms with Crippen LogP contribution in [0.2, 0.25) is 0 Å². The second kappa shape index (κ2) is 6.68. The van der Waals surface area contributed by atoms with Crippen LogP contribution in [0.5, 0.6) is 0 Å². The highest BCUT2D eigenvalue weighted by atomic mass is 31.2. The SMILES string of the molecule is O=P(O)(O)O.OCCCc1c[nH]c2ccccc12. The van der Waals surface area contributed by atoms with Crippen molar-refractivity contribution in [1.82, 2.24) is 4.98 Å². The molecule has 7 heteroatoms. The van der Waals surface area contributed by atoms with Crippen molar-refractivity contribution >= 4 is 18.7 Å². The molecular weight excluding hydrogens is 257 g/mol. The van der Waals surface area contributed by atoms with E-state index in [0.29, 0.717) is 0 Å². The van der Waals surface area contributed by atoms with Gasteiger partial charge in [-0.1, -0.05) is 18.2 Å². The fourth-order valence-electron chi connectivity index (χ4n) is 1.61. The monoisotopic (exact) mass is 273 g/mol. The number of phosphoric acid groups is 1. The van der Waals surface area contributed by atoms with Crippen LogP contribution in [-0.4, -0.2) is 31.4 Å². The Morgan fingerprint density at radius 2 is 1.78 bits per heavy atom. The van der Waals surface area contributed by atoms with E-state index in [1.165, 1.54) is 16.5 Å². The molecule has 0 bridgehead atoms. The minimum atomic E-state index is -4.64. The average Bonchev–Trinajstić information content (AvgIpc) is 2.67. The minimum Gasteiger partial charge on any atom is -0.396 e. The predicted molar refractivity (Wildman–Crippen MR) is 68.0 cm³/mol. The lowest BCUT2D eigenvalue weighted by Gasteiger charge is -1.95. The van der Waals surface area contributed by atoms with Gasteiger partial charge in [0, 0.05) is 23.7 Å². The Morgan fingerprint density at radius 1 is 1.17 bits per heavy atom. The van der Waals surface area contributed by atoms with Gasteiger partial charge in [0.05, 0.1) is 0 Å². The first-order chi connectivity index (χ1) is 8.42. The zero-order valence-electron chi connectivity index (χ0n) is 9.65. The Labute approximate surface area is 104 Å². The molecule has 0 unspecified atom stereocenters. The molecule has 18 heavy (non-hydrogen) atoms. The number of fused-ring (bicyclic) bond motifs is 1. The van der Waals surface area contributed by atoms with Gasteiger partial charge in [-0.05, 0) is 24.5 Å². The molecule has 0 fully saturated rings. The first kappa shape index (κ1) is 14.9. The van der Waals surface area contributed by atoms with E-state index in [-0.39, 0.29) is 6.61 Å². The molecule has 0 radical (unpaired) electrons. The van der Waals surface area contributed by atoms with Gasteiger partial charge in [0.2, 0.25) is 0 Å². The Hall–Kier alpha value is -1.17. The number of hydrogen-bond acceptors (Lipinski definition) is 2. The number of rotatable bonds is 3. The molecule has 0 atom stereocenters. The zero-order chi connectivity index (χ0) is 13.6. The van der Waals surface area contributed by atoms with Crippen LogP contribution in [0, 0.1) is 0 Å². The van der Waals surface area contributed by atoms with Crippen LogP contribution in [0.25, 0.3) is 10.9 Å². The summed E-state index contributed by atoms with van der Waals surface area (Å²) in [6, 6.07) is 8.24. The average molecular weight is 273 g/mol. The molecule has 0 aliphatic rings. The van der Waals surface area contributed by atoms with E-state index in [9.17, 15) is 0 Å². The number of aryl methyl sites for hydroxylation is 1. The number of aromatic amines is 1. The minimum absolute atomic E-state index is 0.263. The fourth-order valence-corrected chi connectivity index (χ4v) is 1.61. The van der Waals surface area contributed by atoms with E-state index in [4.69, 9.17) is 24.4 Å². The number of para-hydroxylation sites is 1. The van der Waals surface area contributed by atoms with Gasteiger partial charge >= 0.3 is 7.82 Å². The highest BCUT2D eigenvalue weighted by Crippen LogP contribution is 2.25. The third-order valence-electron chi connectivity index (χ3n) is 2.28. The standard InChI is InChI=1S/C11H13NO.H3O4P/c13-7-3-4-9-8-12-11-6-2-1-5-10(9)11;1-5(2,3)4/h1-2,5-6,8,12-13H,3-4,7H2;(H3,1,2,3,4). The van der Waals surface area contributed by atoms with Crippen molar-refractivity contribution in [1.29, 1.82) is 0 Å². The molecular formula is C11H16NO5P. The van der Waals surface area contributed by atoms with Crippen molar-refractivity contribution in [2.45, 2.75) is 12.8 Å². The van der Waals surface area contributed by atoms with Crippen molar-refractivity contribution in [3.05, 3.63) is 36.0 Å². The van der Waals surface area contributed by atoms with E-state index >= 15 is 0 Å². The van der Waals surface area contributed by atoms with Crippen LogP contribution in [0.3, 0.4) is 0 Å². The summed E-state index contributed by atoms with van der Waals surface area (Å²) in [5.74, 6) is 0. The molecule has 0 aliphatic carbocycles. The van der Waals surface area contributed by atoms with Crippen LogP contribution in [0.1, 0.15) is 12.0 Å². The molecule has 0 aliphatic heterocycles. The van der Waals surface area contributed by atoms with E-state index in [1.54, 1.807) is 0 Å². The first-order valence-electron chi connectivity index (χ1n) is 5.36. The number of hydrogen-bond donors (Lipinski definition) is 5. The molecule has 6 nitrogen and oxygen atoms in total. The maximum Gasteiger partial charge on any atom is 0.466 e. The van der Waals surface area contributed by atoms with Gasteiger partial charge < -0.3 is 24.8 Å². The van der Waals surface area contributed by atoms with Crippen molar-refractivity contribution in [2.75, 3.05) is 6.61 Å². The largest absolute Gasteiger partial charge is 0.466 e. The maximum atomic E-state index is 8.88. The van der Waals surface area contributed by atoms with Crippen molar-refractivity contribution in [3.8, 4) is 0 Å². The van der Waals surface area contributed by atoms with E-state index in [1.807, 2.05) is 18.3 Å². The number of aromatic nitrogens is 1. The Kier molecular flexibility index (Phi) is 5.53. The first-order valence-corrected chi connectivity index (χ1v) is 6.92. The highest BCUT2D eigenvalue weighted by molar-refractivity contribution is 7.45. The normalized spacial score (nSPS) is 11.1. The quantitative estimate of drug-likeness (QED) is 0.538. The van der Waals surface area contributed by atoms with Gasteiger partial charge in [-0.15, -0.1) is 0 Å². The molecule has 1 aromatic heterocycles. The molecule has 5 N–H and O–H groups in total. The van der Waals surface area contributed by atoms with Gasteiger partial charge in [0.1, 0.15) is 0 Å². The molecule has 0 saturated heterocycles. The zero-order valence-corrected chi connectivity index (χ0v) is 10.5. The lowest BCUT2D eigenvalue weighted by atomic mass is 10.1. The summed E-state index contributed by atoms with van der Waals surface area (Å²) < 4.78 is 8.88. The third kappa shape index (κ3) is 5.44. The van der Waals surface area contributed by atoms with Crippen LogP contribution in [0.15, 0.2) is 30.5 Å². The van der Waals surface area contributed by atoms with Gasteiger partial charge in [0.15, 0.2) is 0 Å². The Bertz CT molecular complexity index is 525. The summed E-state index contributed by atoms with van der Waals surface area (Å²) in [4.78, 5) is 24.8. The van der Waals surface area contributed by atoms with Gasteiger partial charge in [-0.3, -0.25) is 0 Å². The highest BCUT2D eigenvalue weighted by Gasteiger charge is 2.01. The summed E-state index contributed by atoms with van der Waals surface area (Å²) >= 11 is 0. The van der Waals surface area contributed by atoms with E-state index < -0.39 is 7.82 Å². The molecule has 2 rings (SSSR count). The van der Waals surface area contributed by atoms with Crippen LogP contribution < -0.4 is 0 Å².